The van der Waals surface area contributed by atoms with Crippen LogP contribution in [-0.4, -0.2) is 18.7 Å². The van der Waals surface area contributed by atoms with Gasteiger partial charge < -0.3 is 9.15 Å². The maximum Gasteiger partial charge on any atom is 0.307 e. The van der Waals surface area contributed by atoms with E-state index >= 15 is 0 Å². The molecule has 0 aliphatic rings. The van der Waals surface area contributed by atoms with E-state index < -0.39 is 5.91 Å². The van der Waals surface area contributed by atoms with E-state index in [1.807, 2.05) is 12.1 Å². The molecule has 1 heterocycles. The van der Waals surface area contributed by atoms with Crippen LogP contribution in [0.4, 0.5) is 0 Å². The van der Waals surface area contributed by atoms with Crippen LogP contribution in [0.15, 0.2) is 54.9 Å². The number of nitrogens with one attached hydrogen (secondary N) is 1. The van der Waals surface area contributed by atoms with Crippen molar-refractivity contribution in [3.8, 4) is 18.1 Å². The zero-order valence-electron chi connectivity index (χ0n) is 13.6. The topological polar surface area (TPSA) is 63.8 Å². The number of carbonyl (C=O) groups excluding carboxylic acids is 1. The first-order valence-electron chi connectivity index (χ1n) is 7.55. The second-order valence-electron chi connectivity index (χ2n) is 5.30. The van der Waals surface area contributed by atoms with Gasteiger partial charge in [0.2, 0.25) is 0 Å². The molecule has 0 aliphatic carbocycles. The van der Waals surface area contributed by atoms with Gasteiger partial charge in [0.1, 0.15) is 12.2 Å². The lowest BCUT2D eigenvalue weighted by Crippen LogP contribution is -2.16. The van der Waals surface area contributed by atoms with Crippen LogP contribution in [0.25, 0.3) is 11.0 Å². The summed E-state index contributed by atoms with van der Waals surface area (Å²) in [6, 6.07) is 10.5. The number of terminal acetylenes is 1. The molecule has 0 bridgehead atoms. The van der Waals surface area contributed by atoms with Crippen LogP contribution in [0.1, 0.15) is 16.1 Å². The van der Waals surface area contributed by atoms with Gasteiger partial charge in [-0.2, -0.15) is 5.10 Å². The SMILES string of the molecule is C#CCOc1c(Cl)cc(/C=N/NC(=O)c2cc3cc(Br)ccc3o2)cc1Br. The molecule has 0 aliphatic heterocycles. The first-order valence-corrected chi connectivity index (χ1v) is 9.52. The minimum atomic E-state index is -0.460. The number of amides is 1. The molecule has 5 nitrogen and oxygen atoms in total. The van der Waals surface area contributed by atoms with Crippen LogP contribution >= 0.6 is 43.5 Å². The molecule has 1 N–H and O–H groups in total. The van der Waals surface area contributed by atoms with E-state index in [0.717, 1.165) is 9.86 Å². The van der Waals surface area contributed by atoms with Crippen LogP contribution in [-0.2, 0) is 0 Å². The first kappa shape index (κ1) is 19.5. The fraction of sp³-hybridized carbons (Fsp3) is 0.0526. The van der Waals surface area contributed by atoms with Crippen LogP contribution < -0.4 is 10.2 Å². The highest BCUT2D eigenvalue weighted by atomic mass is 79.9. The van der Waals surface area contributed by atoms with Gasteiger partial charge >= 0.3 is 5.91 Å². The van der Waals surface area contributed by atoms with Gasteiger partial charge in [0.25, 0.3) is 0 Å². The zero-order chi connectivity index (χ0) is 19.4. The Kier molecular flexibility index (Phi) is 6.22. The second kappa shape index (κ2) is 8.61. The minimum Gasteiger partial charge on any atom is -0.478 e. The van der Waals surface area contributed by atoms with Crippen molar-refractivity contribution in [3.05, 3.63) is 61.7 Å². The Morgan fingerprint density at radius 3 is 2.89 bits per heavy atom. The van der Waals surface area contributed by atoms with Crippen molar-refractivity contribution in [3.63, 3.8) is 0 Å². The van der Waals surface area contributed by atoms with Gasteiger partial charge in [-0.25, -0.2) is 5.43 Å². The van der Waals surface area contributed by atoms with E-state index in [1.54, 1.807) is 24.3 Å². The van der Waals surface area contributed by atoms with Gasteiger partial charge in [0, 0.05) is 9.86 Å². The fourth-order valence-corrected chi connectivity index (χ4v) is 3.62. The Bertz CT molecular complexity index is 1060. The number of fused-ring (bicyclic) bond motifs is 1. The molecule has 3 aromatic rings. The number of hydrogen-bond donors (Lipinski definition) is 1. The number of halogens is 3. The van der Waals surface area contributed by atoms with E-state index in [2.05, 4.69) is 48.3 Å². The molecule has 2 aromatic carbocycles. The molecular weight excluding hydrogens is 499 g/mol. The van der Waals surface area contributed by atoms with Gasteiger partial charge in [0.15, 0.2) is 11.5 Å². The number of ether oxygens (including phenoxy) is 1. The fourth-order valence-electron chi connectivity index (χ4n) is 2.25. The molecule has 0 atom stereocenters. The largest absolute Gasteiger partial charge is 0.478 e. The Morgan fingerprint density at radius 1 is 1.33 bits per heavy atom. The summed E-state index contributed by atoms with van der Waals surface area (Å²) in [5.74, 6) is 2.53. The van der Waals surface area contributed by atoms with Gasteiger partial charge in [-0.3, -0.25) is 4.79 Å². The smallest absolute Gasteiger partial charge is 0.307 e. The van der Waals surface area contributed by atoms with E-state index in [9.17, 15) is 4.79 Å². The predicted molar refractivity (Wildman–Crippen MR) is 112 cm³/mol. The third kappa shape index (κ3) is 4.72. The number of carbonyl (C=O) groups is 1. The molecule has 0 radical (unpaired) electrons. The lowest BCUT2D eigenvalue weighted by atomic mass is 10.2. The number of rotatable bonds is 5. The molecule has 0 fully saturated rings. The van der Waals surface area contributed by atoms with Crippen LogP contribution in [0.2, 0.25) is 5.02 Å². The normalized spacial score (nSPS) is 10.9. The van der Waals surface area contributed by atoms with Crippen molar-refractivity contribution in [1.29, 1.82) is 0 Å². The maximum absolute atomic E-state index is 12.2. The number of benzene rings is 2. The van der Waals surface area contributed by atoms with Crippen molar-refractivity contribution in [1.82, 2.24) is 5.43 Å². The minimum absolute atomic E-state index is 0.107. The average molecular weight is 511 g/mol. The van der Waals surface area contributed by atoms with Gasteiger partial charge in [0.05, 0.1) is 15.7 Å². The maximum atomic E-state index is 12.2. The summed E-state index contributed by atoms with van der Waals surface area (Å²) in [5, 5.41) is 5.12. The highest BCUT2D eigenvalue weighted by Gasteiger charge is 2.12. The van der Waals surface area contributed by atoms with E-state index in [4.69, 9.17) is 27.2 Å². The second-order valence-corrected chi connectivity index (χ2v) is 7.48. The molecule has 1 aromatic heterocycles. The molecule has 0 unspecified atom stereocenters. The highest BCUT2D eigenvalue weighted by molar-refractivity contribution is 9.10. The van der Waals surface area contributed by atoms with Crippen molar-refractivity contribution in [2.45, 2.75) is 0 Å². The van der Waals surface area contributed by atoms with Crippen LogP contribution in [0.5, 0.6) is 5.75 Å². The van der Waals surface area contributed by atoms with Gasteiger partial charge in [-0.1, -0.05) is 33.5 Å². The first-order chi connectivity index (χ1) is 13.0. The molecule has 0 saturated carbocycles. The van der Waals surface area contributed by atoms with Gasteiger partial charge in [-0.05, 0) is 57.9 Å². The molecule has 3 rings (SSSR count). The van der Waals surface area contributed by atoms with Crippen molar-refractivity contribution in [2.75, 3.05) is 6.61 Å². The molecule has 0 spiro atoms. The molecule has 8 heteroatoms. The lowest BCUT2D eigenvalue weighted by molar-refractivity contribution is 0.0929. The molecule has 1 amide bonds. The Hall–Kier alpha value is -2.27. The van der Waals surface area contributed by atoms with Crippen LogP contribution in [0.3, 0.4) is 0 Å². The molecule has 0 saturated heterocycles. The summed E-state index contributed by atoms with van der Waals surface area (Å²) in [7, 11) is 0. The van der Waals surface area contributed by atoms with Crippen molar-refractivity contribution in [2.24, 2.45) is 5.10 Å². The highest BCUT2D eigenvalue weighted by Crippen LogP contribution is 2.34. The predicted octanol–water partition coefficient (Wildman–Crippen LogP) is 5.39. The van der Waals surface area contributed by atoms with Gasteiger partial charge in [-0.15, -0.1) is 6.42 Å². The monoisotopic (exact) mass is 508 g/mol. The summed E-state index contributed by atoms with van der Waals surface area (Å²) in [5.41, 5.74) is 3.70. The van der Waals surface area contributed by atoms with Crippen molar-refractivity contribution >= 4 is 66.6 Å². The Labute approximate surface area is 177 Å². The number of hydrogen-bond acceptors (Lipinski definition) is 4. The number of nitrogens with zero attached hydrogens (tertiary/aromatic N) is 1. The van der Waals surface area contributed by atoms with Crippen LogP contribution in [0, 0.1) is 12.3 Å². The standard InChI is InChI=1S/C19H11Br2ClN2O3/c1-2-5-26-18-14(21)6-11(7-15(18)22)10-23-24-19(25)17-9-12-8-13(20)3-4-16(12)27-17/h1,3-4,6-10H,5H2,(H,24,25)/b23-10+. The lowest BCUT2D eigenvalue weighted by Gasteiger charge is -2.08. The third-order valence-corrected chi connectivity index (χ3v) is 4.77. The quantitative estimate of drug-likeness (QED) is 0.285. The zero-order valence-corrected chi connectivity index (χ0v) is 17.6. The average Bonchev–Trinajstić information content (AvgIpc) is 3.04. The molecule has 136 valence electrons. The van der Waals surface area contributed by atoms with E-state index in [0.29, 0.717) is 26.4 Å². The Morgan fingerprint density at radius 2 is 2.15 bits per heavy atom. The summed E-state index contributed by atoms with van der Waals surface area (Å²) in [4.78, 5) is 12.2. The van der Waals surface area contributed by atoms with Crippen molar-refractivity contribution < 1.29 is 13.9 Å². The summed E-state index contributed by atoms with van der Waals surface area (Å²) >= 11 is 12.9. The van der Waals surface area contributed by atoms with E-state index in [-0.39, 0.29) is 12.4 Å². The summed E-state index contributed by atoms with van der Waals surface area (Å²) in [6.07, 6.45) is 6.63. The number of hydrazone groups is 1. The Balaban J connectivity index is 1.71. The molecular formula is C19H11Br2ClN2O3. The number of furan rings is 1. The summed E-state index contributed by atoms with van der Waals surface area (Å²) < 4.78 is 12.4. The third-order valence-electron chi connectivity index (χ3n) is 3.40. The molecule has 27 heavy (non-hydrogen) atoms. The summed E-state index contributed by atoms with van der Waals surface area (Å²) in [6.45, 7) is 0.107. The van der Waals surface area contributed by atoms with E-state index in [1.165, 1.54) is 6.21 Å².